The minimum Gasteiger partial charge on any atom is -0.371 e. The van der Waals surface area contributed by atoms with Crippen molar-refractivity contribution in [3.63, 3.8) is 0 Å². The molecule has 0 fully saturated rings. The average molecular weight is 255 g/mol. The maximum Gasteiger partial charge on any atom is 0.434 e. The molecule has 0 spiro atoms. The normalized spacial score (nSPS) is 14.9. The van der Waals surface area contributed by atoms with E-state index in [1.165, 1.54) is 6.92 Å². The van der Waals surface area contributed by atoms with Gasteiger partial charge in [-0.2, -0.15) is 26.7 Å². The number of nitrogens with zero attached hydrogens (tertiary/aromatic N) is 1. The Labute approximate surface area is 95.6 Å². The number of hydrogen-bond acceptors (Lipinski definition) is 3. The van der Waals surface area contributed by atoms with Crippen molar-refractivity contribution in [3.8, 4) is 12.3 Å². The molecule has 0 saturated heterocycles. The van der Waals surface area contributed by atoms with Gasteiger partial charge in [0.05, 0.1) is 0 Å². The molecule has 0 aliphatic carbocycles. The van der Waals surface area contributed by atoms with Gasteiger partial charge in [-0.3, -0.25) is 0 Å². The molecule has 7 heteroatoms. The molecule has 0 amide bonds. The summed E-state index contributed by atoms with van der Waals surface area (Å²) in [6, 6.07) is 0. The summed E-state index contributed by atoms with van der Waals surface area (Å²) < 4.78 is 36.3. The number of terminal acetylenes is 1. The summed E-state index contributed by atoms with van der Waals surface area (Å²) in [7, 11) is 0. The van der Waals surface area contributed by atoms with Gasteiger partial charge in [-0.1, -0.05) is 5.92 Å². The summed E-state index contributed by atoms with van der Waals surface area (Å²) in [5.74, 6) is 1.96. The lowest BCUT2D eigenvalue weighted by molar-refractivity contribution is -0.140. The fourth-order valence-corrected chi connectivity index (χ4v) is 1.54. The first-order valence-corrected chi connectivity index (χ1v) is 4.38. The van der Waals surface area contributed by atoms with Crippen molar-refractivity contribution in [2.75, 3.05) is 0 Å². The Morgan fingerprint density at radius 1 is 1.53 bits per heavy atom. The first kappa shape index (κ1) is 14.3. The largest absolute Gasteiger partial charge is 0.434 e. The number of halogens is 3. The first-order valence-electron chi connectivity index (χ1n) is 3.50. The Hall–Kier alpha value is -0.710. The molecule has 0 aliphatic rings. The third-order valence-corrected chi connectivity index (χ3v) is 2.55. The highest BCUT2D eigenvalue weighted by Crippen LogP contribution is 2.32. The topological polar surface area (TPSA) is 33.1 Å². The second kappa shape index (κ2) is 4.43. The van der Waals surface area contributed by atoms with Crippen LogP contribution >= 0.6 is 24.8 Å². The number of aliphatic hydroxyl groups is 1. The van der Waals surface area contributed by atoms with Crippen LogP contribution in [0.2, 0.25) is 0 Å². The van der Waals surface area contributed by atoms with Crippen LogP contribution in [0.15, 0.2) is 5.38 Å². The molecule has 2 nitrogen and oxygen atoms in total. The molecule has 1 N–H and O–H groups in total. The molecule has 0 unspecified atom stereocenters. The highest BCUT2D eigenvalue weighted by molar-refractivity contribution is 7.59. The quantitative estimate of drug-likeness (QED) is 0.780. The minimum atomic E-state index is -4.50. The molecule has 1 rings (SSSR count). The van der Waals surface area contributed by atoms with Crippen LogP contribution in [0.25, 0.3) is 0 Å². The Bertz CT molecular complexity index is 378. The number of aromatic nitrogens is 1. The van der Waals surface area contributed by atoms with Crippen LogP contribution in [-0.4, -0.2) is 10.1 Å². The van der Waals surface area contributed by atoms with Crippen molar-refractivity contribution in [1.29, 1.82) is 0 Å². The summed E-state index contributed by atoms with van der Waals surface area (Å²) in [4.78, 5) is 3.23. The molecule has 0 aliphatic heterocycles. The molecule has 1 atom stereocenters. The van der Waals surface area contributed by atoms with Gasteiger partial charge < -0.3 is 5.11 Å². The molecular weight excluding hydrogens is 247 g/mol. The second-order valence-corrected chi connectivity index (χ2v) is 3.61. The molecule has 1 aromatic rings. The number of hydrogen-bond donors (Lipinski definition) is 1. The molecule has 0 aromatic carbocycles. The molecule has 0 radical (unpaired) electrons. The van der Waals surface area contributed by atoms with Crippen molar-refractivity contribution in [2.45, 2.75) is 18.7 Å². The summed E-state index contributed by atoms with van der Waals surface area (Å²) in [5, 5.41) is 10.1. The number of alkyl halides is 3. The van der Waals surface area contributed by atoms with Gasteiger partial charge in [-0.25, -0.2) is 4.98 Å². The maximum atomic E-state index is 12.1. The average Bonchev–Trinajstić information content (AvgIpc) is 2.51. The summed E-state index contributed by atoms with van der Waals surface area (Å²) in [6.07, 6.45) is 0.441. The SMILES string of the molecule is C#C[C@](C)(O)c1nc(C(F)(F)F)cs1.S. The summed E-state index contributed by atoms with van der Waals surface area (Å²) in [5.41, 5.74) is -2.78. The third-order valence-electron chi connectivity index (χ3n) is 1.49. The van der Waals surface area contributed by atoms with Crippen molar-refractivity contribution in [3.05, 3.63) is 16.1 Å². The summed E-state index contributed by atoms with van der Waals surface area (Å²) >= 11 is 0.684. The standard InChI is InChI=1S/C8H6F3NOS.H2S/c1-3-7(2,13)6-12-5(4-14-6)8(9,10)11;/h1,4,13H,2H3;1H2/t7-;/m0./s1. The van der Waals surface area contributed by atoms with E-state index in [4.69, 9.17) is 6.42 Å². The van der Waals surface area contributed by atoms with Crippen molar-refractivity contribution in [1.82, 2.24) is 4.98 Å². The Morgan fingerprint density at radius 2 is 2.07 bits per heavy atom. The van der Waals surface area contributed by atoms with Gasteiger partial charge in [0.25, 0.3) is 0 Å². The molecule has 84 valence electrons. The van der Waals surface area contributed by atoms with Crippen molar-refractivity contribution in [2.24, 2.45) is 0 Å². The predicted octanol–water partition coefficient (Wildman–Crippen LogP) is 2.12. The Balaban J connectivity index is 0.00000196. The Morgan fingerprint density at radius 3 is 2.40 bits per heavy atom. The smallest absolute Gasteiger partial charge is 0.371 e. The van der Waals surface area contributed by atoms with Crippen molar-refractivity contribution >= 4 is 24.8 Å². The van der Waals surface area contributed by atoms with Crippen LogP contribution < -0.4 is 0 Å². The summed E-state index contributed by atoms with van der Waals surface area (Å²) in [6.45, 7) is 1.21. The maximum absolute atomic E-state index is 12.1. The van der Waals surface area contributed by atoms with Crippen LogP contribution in [0, 0.1) is 12.3 Å². The molecular formula is C8H8F3NOS2. The zero-order valence-electron chi connectivity index (χ0n) is 7.59. The molecule has 1 aromatic heterocycles. The number of rotatable bonds is 1. The number of thiazole rings is 1. The van der Waals surface area contributed by atoms with E-state index in [2.05, 4.69) is 4.98 Å². The van der Waals surface area contributed by atoms with Gasteiger partial charge in [0.2, 0.25) is 0 Å². The fraction of sp³-hybridized carbons (Fsp3) is 0.375. The lowest BCUT2D eigenvalue weighted by Crippen LogP contribution is -2.18. The van der Waals surface area contributed by atoms with E-state index in [0.29, 0.717) is 11.3 Å². The van der Waals surface area contributed by atoms with Gasteiger partial charge >= 0.3 is 6.18 Å². The lowest BCUT2D eigenvalue weighted by Gasteiger charge is -2.11. The zero-order chi connectivity index (χ0) is 11.0. The van der Waals surface area contributed by atoms with E-state index in [-0.39, 0.29) is 18.5 Å². The van der Waals surface area contributed by atoms with Gasteiger partial charge in [-0.05, 0) is 6.92 Å². The van der Waals surface area contributed by atoms with Crippen LogP contribution in [0.4, 0.5) is 13.2 Å². The van der Waals surface area contributed by atoms with Gasteiger partial charge in [0, 0.05) is 5.38 Å². The second-order valence-electron chi connectivity index (χ2n) is 2.75. The highest BCUT2D eigenvalue weighted by Gasteiger charge is 2.36. The Kier molecular flexibility index (Phi) is 4.22. The van der Waals surface area contributed by atoms with E-state index in [1.54, 1.807) is 0 Å². The minimum absolute atomic E-state index is 0. The van der Waals surface area contributed by atoms with Gasteiger partial charge in [-0.15, -0.1) is 17.8 Å². The first-order chi connectivity index (χ1) is 6.27. The van der Waals surface area contributed by atoms with E-state index in [9.17, 15) is 18.3 Å². The monoisotopic (exact) mass is 255 g/mol. The van der Waals surface area contributed by atoms with Crippen LogP contribution in [0.5, 0.6) is 0 Å². The van der Waals surface area contributed by atoms with Crippen LogP contribution in [-0.2, 0) is 11.8 Å². The van der Waals surface area contributed by atoms with E-state index in [1.807, 2.05) is 5.92 Å². The zero-order valence-corrected chi connectivity index (χ0v) is 9.41. The van der Waals surface area contributed by atoms with E-state index < -0.39 is 17.5 Å². The molecule has 0 saturated carbocycles. The van der Waals surface area contributed by atoms with Crippen LogP contribution in [0.1, 0.15) is 17.6 Å². The van der Waals surface area contributed by atoms with Crippen LogP contribution in [0.3, 0.4) is 0 Å². The van der Waals surface area contributed by atoms with Gasteiger partial charge in [0.1, 0.15) is 5.01 Å². The lowest BCUT2D eigenvalue weighted by atomic mass is 10.1. The molecule has 1 heterocycles. The van der Waals surface area contributed by atoms with E-state index in [0.717, 1.165) is 5.38 Å². The highest BCUT2D eigenvalue weighted by atomic mass is 32.1. The fourth-order valence-electron chi connectivity index (χ4n) is 0.689. The van der Waals surface area contributed by atoms with E-state index >= 15 is 0 Å². The van der Waals surface area contributed by atoms with Crippen molar-refractivity contribution < 1.29 is 18.3 Å². The predicted molar refractivity (Wildman–Crippen MR) is 55.9 cm³/mol. The molecule has 0 bridgehead atoms. The third kappa shape index (κ3) is 3.12. The molecule has 15 heavy (non-hydrogen) atoms. The van der Waals surface area contributed by atoms with Gasteiger partial charge in [0.15, 0.2) is 11.3 Å².